The van der Waals surface area contributed by atoms with E-state index >= 15 is 0 Å². The molecule has 0 aromatic carbocycles. The summed E-state index contributed by atoms with van der Waals surface area (Å²) in [5.74, 6) is 0. The first-order chi connectivity index (χ1) is 6.79. The van der Waals surface area contributed by atoms with Crippen molar-refractivity contribution in [3.63, 3.8) is 0 Å². The summed E-state index contributed by atoms with van der Waals surface area (Å²) in [6, 6.07) is 0. The van der Waals surface area contributed by atoms with E-state index in [2.05, 4.69) is 20.8 Å². The Morgan fingerprint density at radius 1 is 0.786 bits per heavy atom. The fourth-order valence-electron chi connectivity index (χ4n) is 3.51. The van der Waals surface area contributed by atoms with Crippen LogP contribution in [0.15, 0.2) is 0 Å². The summed E-state index contributed by atoms with van der Waals surface area (Å²) in [7, 11) is 0. The molecule has 0 aliphatic heterocycles. The summed E-state index contributed by atoms with van der Waals surface area (Å²) in [4.78, 5) is 0. The fourth-order valence-corrected chi connectivity index (χ4v) is 17.4. The van der Waals surface area contributed by atoms with Crippen molar-refractivity contribution in [2.45, 2.75) is 76.5 Å². The van der Waals surface area contributed by atoms with Gasteiger partial charge in [-0.15, -0.1) is 0 Å². The second kappa shape index (κ2) is 6.40. The Kier molecular flexibility index (Phi) is 5.88. The first kappa shape index (κ1) is 12.9. The molecule has 1 heteroatoms. The number of hydrogen-bond acceptors (Lipinski definition) is 0. The molecule has 1 saturated carbocycles. The van der Waals surface area contributed by atoms with Crippen LogP contribution < -0.4 is 0 Å². The number of rotatable bonds is 4. The zero-order chi connectivity index (χ0) is 10.4. The molecule has 0 unspecified atom stereocenters. The van der Waals surface area contributed by atoms with Crippen LogP contribution in [-0.2, 0) is 0 Å². The summed E-state index contributed by atoms with van der Waals surface area (Å²) in [6.45, 7) is 7.48. The first-order valence-electron chi connectivity index (χ1n) is 6.79. The van der Waals surface area contributed by atoms with E-state index in [0.717, 1.165) is 0 Å². The Labute approximate surface area is 94.7 Å². The molecule has 84 valence electrons. The molecule has 0 bridgehead atoms. The fraction of sp³-hybridized carbons (Fsp3) is 1.00. The summed E-state index contributed by atoms with van der Waals surface area (Å²) in [5, 5.41) is 0. The molecule has 0 nitrogen and oxygen atoms in total. The minimum absolute atomic E-state index is 1.24. The first-order valence-corrected chi connectivity index (χ1v) is 14.5. The van der Waals surface area contributed by atoms with Gasteiger partial charge in [0.05, 0.1) is 0 Å². The van der Waals surface area contributed by atoms with E-state index < -0.39 is 18.4 Å². The molecule has 0 spiro atoms. The van der Waals surface area contributed by atoms with E-state index in [1.165, 1.54) is 16.8 Å². The zero-order valence-corrected chi connectivity index (χ0v) is 13.3. The third kappa shape index (κ3) is 2.90. The molecule has 0 saturated heterocycles. The molecule has 14 heavy (non-hydrogen) atoms. The van der Waals surface area contributed by atoms with Crippen LogP contribution in [0.5, 0.6) is 0 Å². The van der Waals surface area contributed by atoms with Gasteiger partial charge < -0.3 is 0 Å². The third-order valence-corrected chi connectivity index (χ3v) is 23.5. The maximum atomic E-state index is 2.49. The molecule has 0 N–H and O–H groups in total. The molecular formula is C13H28Sn. The second-order valence-electron chi connectivity index (χ2n) is 5.11. The number of hydrogen-bond donors (Lipinski definition) is 0. The second-order valence-corrected chi connectivity index (χ2v) is 21.3. The standard InChI is InChI=1S/C7H13.3C2H5.Sn/c1-2-4-6-7-5-3-1;3*1-2;/h1H,2-7H2;3*1H2,2H3;. The maximum absolute atomic E-state index is 2.49. The van der Waals surface area contributed by atoms with E-state index in [0.29, 0.717) is 0 Å². The van der Waals surface area contributed by atoms with Crippen LogP contribution in [-0.4, -0.2) is 18.4 Å². The Bertz CT molecular complexity index is 133. The average molecular weight is 303 g/mol. The molecule has 1 rings (SSSR count). The van der Waals surface area contributed by atoms with Gasteiger partial charge in [-0.25, -0.2) is 0 Å². The van der Waals surface area contributed by atoms with Crippen LogP contribution in [0.1, 0.15) is 59.3 Å². The molecule has 0 aromatic rings. The molecule has 1 fully saturated rings. The van der Waals surface area contributed by atoms with E-state index in [4.69, 9.17) is 0 Å². The molecule has 0 heterocycles. The van der Waals surface area contributed by atoms with Gasteiger partial charge in [0.15, 0.2) is 0 Å². The minimum atomic E-state index is -1.63. The van der Waals surface area contributed by atoms with Gasteiger partial charge in [-0.1, -0.05) is 0 Å². The summed E-state index contributed by atoms with van der Waals surface area (Å²) >= 11 is -1.63. The quantitative estimate of drug-likeness (QED) is 0.493. The zero-order valence-electron chi connectivity index (χ0n) is 10.4. The van der Waals surface area contributed by atoms with Gasteiger partial charge in [0.2, 0.25) is 0 Å². The topological polar surface area (TPSA) is 0 Å². The predicted octanol–water partition coefficient (Wildman–Crippen LogP) is 5.22. The van der Waals surface area contributed by atoms with Crippen LogP contribution in [0.3, 0.4) is 0 Å². The van der Waals surface area contributed by atoms with Crippen molar-refractivity contribution in [2.24, 2.45) is 0 Å². The Morgan fingerprint density at radius 2 is 1.21 bits per heavy atom. The Hall–Kier alpha value is 0.799. The molecule has 1 aliphatic rings. The van der Waals surface area contributed by atoms with Crippen molar-refractivity contribution >= 4 is 18.4 Å². The molecule has 0 amide bonds. The average Bonchev–Trinajstić information content (AvgIpc) is 2.51. The van der Waals surface area contributed by atoms with Gasteiger partial charge in [0.25, 0.3) is 0 Å². The van der Waals surface area contributed by atoms with Crippen LogP contribution in [0.25, 0.3) is 0 Å². The van der Waals surface area contributed by atoms with Crippen LogP contribution in [0, 0.1) is 0 Å². The van der Waals surface area contributed by atoms with Crippen LogP contribution >= 0.6 is 0 Å². The van der Waals surface area contributed by atoms with E-state index in [-0.39, 0.29) is 0 Å². The van der Waals surface area contributed by atoms with Gasteiger partial charge in [-0.3, -0.25) is 0 Å². The third-order valence-electron chi connectivity index (χ3n) is 4.83. The van der Waals surface area contributed by atoms with Crippen molar-refractivity contribution < 1.29 is 0 Å². The Balaban J connectivity index is 2.64. The molecular weight excluding hydrogens is 275 g/mol. The van der Waals surface area contributed by atoms with Crippen LogP contribution in [0.4, 0.5) is 0 Å². The molecule has 0 aromatic heterocycles. The molecule has 0 atom stereocenters. The normalized spacial score (nSPS) is 20.8. The van der Waals surface area contributed by atoms with Gasteiger partial charge >= 0.3 is 94.9 Å². The monoisotopic (exact) mass is 304 g/mol. The van der Waals surface area contributed by atoms with Crippen LogP contribution in [0.2, 0.25) is 17.2 Å². The summed E-state index contributed by atoms with van der Waals surface area (Å²) in [6.07, 6.45) is 9.34. The van der Waals surface area contributed by atoms with Crippen molar-refractivity contribution in [3.8, 4) is 0 Å². The molecule has 1 aliphatic carbocycles. The van der Waals surface area contributed by atoms with Crippen molar-refractivity contribution in [2.75, 3.05) is 0 Å². The molecule has 0 radical (unpaired) electrons. The van der Waals surface area contributed by atoms with Gasteiger partial charge in [0, 0.05) is 0 Å². The van der Waals surface area contributed by atoms with E-state index in [9.17, 15) is 0 Å². The Morgan fingerprint density at radius 3 is 1.57 bits per heavy atom. The van der Waals surface area contributed by atoms with Crippen molar-refractivity contribution in [1.82, 2.24) is 0 Å². The van der Waals surface area contributed by atoms with E-state index in [1.807, 2.05) is 0 Å². The van der Waals surface area contributed by atoms with Gasteiger partial charge in [0.1, 0.15) is 0 Å². The van der Waals surface area contributed by atoms with Crippen molar-refractivity contribution in [3.05, 3.63) is 0 Å². The SMILES string of the molecule is C[CH2][Sn]([CH2]C)([CH2]C)[CH]1CCCCCC1. The van der Waals surface area contributed by atoms with Gasteiger partial charge in [-0.05, 0) is 0 Å². The van der Waals surface area contributed by atoms with Gasteiger partial charge in [-0.2, -0.15) is 0 Å². The predicted molar refractivity (Wildman–Crippen MR) is 68.6 cm³/mol. The van der Waals surface area contributed by atoms with E-state index in [1.54, 1.807) is 39.0 Å². The van der Waals surface area contributed by atoms with Crippen molar-refractivity contribution in [1.29, 1.82) is 0 Å². The summed E-state index contributed by atoms with van der Waals surface area (Å²) < 4.78 is 6.05. The summed E-state index contributed by atoms with van der Waals surface area (Å²) in [5.41, 5.74) is 0.